The van der Waals surface area contributed by atoms with E-state index in [-0.39, 0.29) is 5.60 Å². The molecule has 0 aliphatic heterocycles. The van der Waals surface area contributed by atoms with Gasteiger partial charge in [0.15, 0.2) is 5.75 Å². The molecule has 0 aromatic carbocycles. The molecule has 0 bridgehead atoms. The lowest BCUT2D eigenvalue weighted by molar-refractivity contribution is 0.115. The molecule has 18 heavy (non-hydrogen) atoms. The predicted octanol–water partition coefficient (Wildman–Crippen LogP) is 3.92. The van der Waals surface area contributed by atoms with Crippen molar-refractivity contribution in [3.8, 4) is 11.6 Å². The van der Waals surface area contributed by atoms with E-state index in [4.69, 9.17) is 9.47 Å². The number of hydrogen-bond acceptors (Lipinski definition) is 3. The fourth-order valence-corrected chi connectivity index (χ4v) is 1.73. The molecule has 1 heterocycles. The first-order valence-electron chi connectivity index (χ1n) is 6.71. The van der Waals surface area contributed by atoms with E-state index in [1.165, 1.54) is 5.56 Å². The normalized spacial score (nSPS) is 15.9. The van der Waals surface area contributed by atoms with Crippen LogP contribution in [-0.2, 0) is 0 Å². The molecule has 0 unspecified atom stereocenters. The van der Waals surface area contributed by atoms with E-state index < -0.39 is 0 Å². The number of pyridine rings is 1. The minimum atomic E-state index is -0.260. The number of nitrogens with zero attached hydrogens (tertiary/aromatic N) is 1. The maximum atomic E-state index is 6.01. The van der Waals surface area contributed by atoms with Gasteiger partial charge >= 0.3 is 0 Å². The van der Waals surface area contributed by atoms with Gasteiger partial charge in [0.1, 0.15) is 5.60 Å². The Morgan fingerprint density at radius 2 is 1.94 bits per heavy atom. The van der Waals surface area contributed by atoms with E-state index >= 15 is 0 Å². The highest BCUT2D eigenvalue weighted by atomic mass is 16.5. The van der Waals surface area contributed by atoms with Crippen molar-refractivity contribution in [3.05, 3.63) is 17.8 Å². The van der Waals surface area contributed by atoms with Gasteiger partial charge in [-0.1, -0.05) is 13.8 Å². The van der Waals surface area contributed by atoms with Crippen LogP contribution in [0.3, 0.4) is 0 Å². The third kappa shape index (κ3) is 3.37. The summed E-state index contributed by atoms with van der Waals surface area (Å²) in [5, 5.41) is 0. The topological polar surface area (TPSA) is 31.4 Å². The number of ether oxygens (including phenoxy) is 2. The molecule has 0 radical (unpaired) electrons. The summed E-state index contributed by atoms with van der Waals surface area (Å²) in [5.41, 5.74) is 0.917. The molecule has 1 fully saturated rings. The van der Waals surface area contributed by atoms with Crippen LogP contribution in [0.15, 0.2) is 12.3 Å². The highest BCUT2D eigenvalue weighted by molar-refractivity contribution is 5.43. The average Bonchev–Trinajstić information content (AvgIpc) is 3.01. The summed E-state index contributed by atoms with van der Waals surface area (Å²) in [7, 11) is 0. The zero-order chi connectivity index (χ0) is 13.3. The molecule has 3 nitrogen and oxygen atoms in total. The molecule has 0 spiro atoms. The van der Waals surface area contributed by atoms with Gasteiger partial charge in [-0.05, 0) is 45.6 Å². The van der Waals surface area contributed by atoms with Crippen LogP contribution in [0, 0.1) is 0 Å². The monoisotopic (exact) mass is 249 g/mol. The van der Waals surface area contributed by atoms with Gasteiger partial charge in [-0.2, -0.15) is 0 Å². The van der Waals surface area contributed by atoms with Crippen molar-refractivity contribution >= 4 is 0 Å². The van der Waals surface area contributed by atoms with Gasteiger partial charge in [0, 0.05) is 11.8 Å². The van der Waals surface area contributed by atoms with Crippen molar-refractivity contribution in [2.75, 3.05) is 0 Å². The van der Waals surface area contributed by atoms with Crippen LogP contribution in [0.25, 0.3) is 0 Å². The number of aromatic nitrogens is 1. The van der Waals surface area contributed by atoms with Crippen LogP contribution >= 0.6 is 0 Å². The zero-order valence-corrected chi connectivity index (χ0v) is 12.0. The lowest BCUT2D eigenvalue weighted by atomic mass is 10.0. The minimum absolute atomic E-state index is 0.260. The molecule has 1 aliphatic rings. The van der Waals surface area contributed by atoms with Gasteiger partial charge in [-0.3, -0.25) is 0 Å². The molecular formula is C15H23NO2. The first kappa shape index (κ1) is 13.2. The first-order valence-corrected chi connectivity index (χ1v) is 6.71. The smallest absolute Gasteiger partial charge is 0.257 e. The second-order valence-corrected chi connectivity index (χ2v) is 6.22. The van der Waals surface area contributed by atoms with Crippen LogP contribution in [0.5, 0.6) is 11.6 Å². The Kier molecular flexibility index (Phi) is 3.51. The minimum Gasteiger partial charge on any atom is -0.484 e. The highest BCUT2D eigenvalue weighted by Gasteiger charge is 2.28. The molecule has 2 rings (SSSR count). The van der Waals surface area contributed by atoms with Crippen LogP contribution in [0.4, 0.5) is 0 Å². The molecule has 0 amide bonds. The van der Waals surface area contributed by atoms with E-state index in [2.05, 4.69) is 18.8 Å². The molecule has 1 saturated carbocycles. The highest BCUT2D eigenvalue weighted by Crippen LogP contribution is 2.39. The second-order valence-electron chi connectivity index (χ2n) is 6.22. The van der Waals surface area contributed by atoms with Gasteiger partial charge in [-0.25, -0.2) is 4.98 Å². The van der Waals surface area contributed by atoms with Crippen molar-refractivity contribution in [1.29, 1.82) is 0 Å². The number of hydrogen-bond donors (Lipinski definition) is 0. The van der Waals surface area contributed by atoms with E-state index in [1.54, 1.807) is 6.20 Å². The van der Waals surface area contributed by atoms with Crippen molar-refractivity contribution in [1.82, 2.24) is 4.98 Å². The van der Waals surface area contributed by atoms with Gasteiger partial charge in [0.2, 0.25) is 0 Å². The first-order chi connectivity index (χ1) is 8.37. The van der Waals surface area contributed by atoms with Gasteiger partial charge in [-0.15, -0.1) is 0 Å². The molecule has 1 aromatic heterocycles. The zero-order valence-electron chi connectivity index (χ0n) is 12.0. The molecule has 1 aromatic rings. The largest absolute Gasteiger partial charge is 0.484 e. The average molecular weight is 249 g/mol. The molecule has 3 heteroatoms. The lowest BCUT2D eigenvalue weighted by Crippen LogP contribution is -2.24. The predicted molar refractivity (Wildman–Crippen MR) is 72.4 cm³/mol. The second kappa shape index (κ2) is 4.79. The van der Waals surface area contributed by atoms with Crippen LogP contribution < -0.4 is 9.47 Å². The molecular weight excluding hydrogens is 226 g/mol. The van der Waals surface area contributed by atoms with Crippen molar-refractivity contribution < 1.29 is 9.47 Å². The van der Waals surface area contributed by atoms with Crippen molar-refractivity contribution in [3.63, 3.8) is 0 Å². The summed E-state index contributed by atoms with van der Waals surface area (Å²) in [6.07, 6.45) is 4.44. The standard InChI is InChI=1S/C15H23NO2/c1-10(2)12-8-9-16-14(18-15(3,4)5)13(12)17-11-6-7-11/h8-11H,6-7H2,1-5H3. The molecule has 100 valence electrons. The molecule has 0 N–H and O–H groups in total. The number of rotatable bonds is 4. The molecule has 1 aliphatic carbocycles. The van der Waals surface area contributed by atoms with E-state index in [0.29, 0.717) is 17.9 Å². The lowest BCUT2D eigenvalue weighted by Gasteiger charge is -2.24. The third-order valence-corrected chi connectivity index (χ3v) is 2.74. The van der Waals surface area contributed by atoms with Gasteiger partial charge < -0.3 is 9.47 Å². The van der Waals surface area contributed by atoms with Crippen LogP contribution in [0.1, 0.15) is 58.9 Å². The van der Waals surface area contributed by atoms with Crippen LogP contribution in [0.2, 0.25) is 0 Å². The Bertz CT molecular complexity index is 417. The van der Waals surface area contributed by atoms with Crippen LogP contribution in [-0.4, -0.2) is 16.7 Å². The fraction of sp³-hybridized carbons (Fsp3) is 0.667. The summed E-state index contributed by atoms with van der Waals surface area (Å²) in [4.78, 5) is 4.34. The SMILES string of the molecule is CC(C)c1ccnc(OC(C)(C)C)c1OC1CC1. The quantitative estimate of drug-likeness (QED) is 0.810. The third-order valence-electron chi connectivity index (χ3n) is 2.74. The summed E-state index contributed by atoms with van der Waals surface area (Å²) >= 11 is 0. The Balaban J connectivity index is 2.33. The van der Waals surface area contributed by atoms with E-state index in [0.717, 1.165) is 18.6 Å². The van der Waals surface area contributed by atoms with Crippen molar-refractivity contribution in [2.45, 2.75) is 65.1 Å². The Hall–Kier alpha value is -1.25. The maximum absolute atomic E-state index is 6.01. The van der Waals surface area contributed by atoms with E-state index in [9.17, 15) is 0 Å². The van der Waals surface area contributed by atoms with Crippen molar-refractivity contribution in [2.24, 2.45) is 0 Å². The summed E-state index contributed by atoms with van der Waals surface area (Å²) in [6, 6.07) is 2.03. The van der Waals surface area contributed by atoms with Gasteiger partial charge in [0.25, 0.3) is 5.88 Å². The fourth-order valence-electron chi connectivity index (χ4n) is 1.73. The Labute approximate surface area is 110 Å². The van der Waals surface area contributed by atoms with E-state index in [1.807, 2.05) is 26.8 Å². The maximum Gasteiger partial charge on any atom is 0.257 e. The molecule has 0 atom stereocenters. The Morgan fingerprint density at radius 3 is 2.44 bits per heavy atom. The summed E-state index contributed by atoms with van der Waals surface area (Å²) in [6.45, 7) is 10.4. The summed E-state index contributed by atoms with van der Waals surface area (Å²) < 4.78 is 11.9. The van der Waals surface area contributed by atoms with Gasteiger partial charge in [0.05, 0.1) is 6.10 Å². The summed E-state index contributed by atoms with van der Waals surface area (Å²) in [5.74, 6) is 1.87. The Morgan fingerprint density at radius 1 is 1.28 bits per heavy atom. The molecule has 0 saturated heterocycles.